The Bertz CT molecular complexity index is 1210. The van der Waals surface area contributed by atoms with Gasteiger partial charge in [0.15, 0.2) is 0 Å². The van der Waals surface area contributed by atoms with Gasteiger partial charge in [0.25, 0.3) is 10.0 Å². The molecule has 0 bridgehead atoms. The predicted molar refractivity (Wildman–Crippen MR) is 128 cm³/mol. The van der Waals surface area contributed by atoms with Gasteiger partial charge >= 0.3 is 0 Å². The highest BCUT2D eigenvalue weighted by Gasteiger charge is 2.46. The molecule has 1 aliphatic rings. The Kier molecular flexibility index (Phi) is 6.34. The second-order valence-electron chi connectivity index (χ2n) is 8.43. The van der Waals surface area contributed by atoms with Gasteiger partial charge in [0.05, 0.1) is 28.6 Å². The predicted octanol–water partition coefficient (Wildman–Crippen LogP) is 6.15. The summed E-state index contributed by atoms with van der Waals surface area (Å²) in [5, 5.41) is 10.2. The average Bonchev–Trinajstić information content (AvgIpc) is 2.82. The van der Waals surface area contributed by atoms with Crippen molar-refractivity contribution >= 4 is 15.7 Å². The second-order valence-corrected chi connectivity index (χ2v) is 10.2. The number of anilines is 1. The lowest BCUT2D eigenvalue weighted by atomic mass is 9.73. The van der Waals surface area contributed by atoms with Crippen molar-refractivity contribution in [1.82, 2.24) is 0 Å². The molecule has 0 radical (unpaired) electrons. The number of rotatable bonds is 6. The standard InChI is InChI=1S/C27H28N2O2S/c1-3-4-13-26-27(21-10-6-5-7-11-21)24(19-28)23-12-8-9-14-25(23)29(26)32(30,31)22-17-15-20(2)16-18-22/h5-12,14-18,24,26-27H,3-4,13H2,1-2H3/t24-,26+,27+/m1/s1. The van der Waals surface area contributed by atoms with Crippen molar-refractivity contribution in [2.24, 2.45) is 0 Å². The van der Waals surface area contributed by atoms with Crippen molar-refractivity contribution in [3.05, 3.63) is 95.6 Å². The van der Waals surface area contributed by atoms with E-state index in [1.807, 2.05) is 73.7 Å². The molecule has 4 rings (SSSR count). The molecule has 0 spiro atoms. The first kappa shape index (κ1) is 22.1. The minimum absolute atomic E-state index is 0.247. The van der Waals surface area contributed by atoms with E-state index in [0.29, 0.717) is 12.1 Å². The molecule has 32 heavy (non-hydrogen) atoms. The van der Waals surface area contributed by atoms with Gasteiger partial charge in [-0.1, -0.05) is 86.0 Å². The highest BCUT2D eigenvalue weighted by atomic mass is 32.2. The number of fused-ring (bicyclic) bond motifs is 1. The summed E-state index contributed by atoms with van der Waals surface area (Å²) in [6, 6.07) is 26.5. The molecule has 3 aromatic carbocycles. The van der Waals surface area contributed by atoms with Crippen molar-refractivity contribution in [3.8, 4) is 6.07 Å². The van der Waals surface area contributed by atoms with E-state index in [1.165, 1.54) is 0 Å². The molecule has 4 nitrogen and oxygen atoms in total. The summed E-state index contributed by atoms with van der Waals surface area (Å²) >= 11 is 0. The minimum atomic E-state index is -3.82. The molecule has 0 saturated carbocycles. The zero-order valence-corrected chi connectivity index (χ0v) is 19.3. The van der Waals surface area contributed by atoms with Crippen LogP contribution in [0.3, 0.4) is 0 Å². The van der Waals surface area contributed by atoms with Crippen LogP contribution in [0.15, 0.2) is 83.8 Å². The number of aryl methyl sites for hydroxylation is 1. The first-order chi connectivity index (χ1) is 15.5. The summed E-state index contributed by atoms with van der Waals surface area (Å²) in [6.45, 7) is 4.05. The van der Waals surface area contributed by atoms with E-state index in [4.69, 9.17) is 0 Å². The van der Waals surface area contributed by atoms with Crippen molar-refractivity contribution < 1.29 is 8.42 Å². The Morgan fingerprint density at radius 1 is 0.938 bits per heavy atom. The Morgan fingerprint density at radius 3 is 2.25 bits per heavy atom. The molecular weight excluding hydrogens is 416 g/mol. The van der Waals surface area contributed by atoms with E-state index in [9.17, 15) is 13.7 Å². The van der Waals surface area contributed by atoms with Crippen LogP contribution < -0.4 is 4.31 Å². The zero-order chi connectivity index (χ0) is 22.7. The molecule has 1 aliphatic heterocycles. The number of hydrogen-bond acceptors (Lipinski definition) is 3. The van der Waals surface area contributed by atoms with Crippen molar-refractivity contribution in [3.63, 3.8) is 0 Å². The van der Waals surface area contributed by atoms with Crippen LogP contribution in [-0.2, 0) is 10.0 Å². The Balaban J connectivity index is 1.97. The van der Waals surface area contributed by atoms with E-state index >= 15 is 0 Å². The molecule has 3 atom stereocenters. The molecule has 164 valence electrons. The van der Waals surface area contributed by atoms with Gasteiger partial charge in [-0.15, -0.1) is 0 Å². The van der Waals surface area contributed by atoms with Crippen LogP contribution in [-0.4, -0.2) is 14.5 Å². The quantitative estimate of drug-likeness (QED) is 0.458. The first-order valence-corrected chi connectivity index (χ1v) is 12.6. The third-order valence-electron chi connectivity index (χ3n) is 6.34. The first-order valence-electron chi connectivity index (χ1n) is 11.1. The van der Waals surface area contributed by atoms with Crippen molar-refractivity contribution in [2.45, 2.75) is 55.9 Å². The maximum Gasteiger partial charge on any atom is 0.264 e. The van der Waals surface area contributed by atoms with E-state index in [2.05, 4.69) is 13.0 Å². The fourth-order valence-electron chi connectivity index (χ4n) is 4.77. The minimum Gasteiger partial charge on any atom is -0.262 e. The maximum atomic E-state index is 14.0. The largest absolute Gasteiger partial charge is 0.264 e. The summed E-state index contributed by atoms with van der Waals surface area (Å²) < 4.78 is 29.7. The maximum absolute atomic E-state index is 14.0. The van der Waals surface area contributed by atoms with Crippen LogP contribution in [0, 0.1) is 18.3 Å². The van der Waals surface area contributed by atoms with Crippen LogP contribution in [0.5, 0.6) is 0 Å². The van der Waals surface area contributed by atoms with Gasteiger partial charge in [0.2, 0.25) is 0 Å². The van der Waals surface area contributed by atoms with E-state index in [-0.39, 0.29) is 16.9 Å². The summed E-state index contributed by atoms with van der Waals surface area (Å²) in [5.74, 6) is -0.664. The molecule has 0 N–H and O–H groups in total. The normalized spacial score (nSPS) is 20.4. The Labute approximate surface area is 191 Å². The van der Waals surface area contributed by atoms with E-state index in [1.54, 1.807) is 16.4 Å². The molecule has 1 heterocycles. The molecule has 0 aromatic heterocycles. The number of para-hydroxylation sites is 1. The van der Waals surface area contributed by atoms with Crippen LogP contribution in [0.1, 0.15) is 54.7 Å². The number of nitrogens with zero attached hydrogens (tertiary/aromatic N) is 2. The van der Waals surface area contributed by atoms with E-state index < -0.39 is 15.9 Å². The number of hydrogen-bond donors (Lipinski definition) is 0. The Morgan fingerprint density at radius 2 is 1.59 bits per heavy atom. The molecule has 0 fully saturated rings. The van der Waals surface area contributed by atoms with Crippen molar-refractivity contribution in [1.29, 1.82) is 5.26 Å². The molecule has 0 saturated heterocycles. The zero-order valence-electron chi connectivity index (χ0n) is 18.5. The third-order valence-corrected chi connectivity index (χ3v) is 8.19. The molecule has 0 unspecified atom stereocenters. The van der Waals surface area contributed by atoms with Crippen LogP contribution in [0.2, 0.25) is 0 Å². The Hall–Kier alpha value is -3.10. The molecule has 5 heteroatoms. The van der Waals surface area contributed by atoms with Crippen molar-refractivity contribution in [2.75, 3.05) is 4.31 Å². The molecule has 0 aliphatic carbocycles. The summed E-state index contributed by atoms with van der Waals surface area (Å²) in [7, 11) is -3.82. The van der Waals surface area contributed by atoms with Gasteiger partial charge in [0.1, 0.15) is 0 Å². The monoisotopic (exact) mass is 444 g/mol. The SMILES string of the molecule is CCCC[C@H]1[C@@H](c2ccccc2)[C@H](C#N)c2ccccc2N1S(=O)(=O)c1ccc(C)cc1. The average molecular weight is 445 g/mol. The topological polar surface area (TPSA) is 61.2 Å². The number of unbranched alkanes of at least 4 members (excludes halogenated alkanes) is 1. The lowest BCUT2D eigenvalue weighted by molar-refractivity contribution is 0.435. The highest BCUT2D eigenvalue weighted by Crippen LogP contribution is 2.50. The number of sulfonamides is 1. The van der Waals surface area contributed by atoms with Gasteiger partial charge < -0.3 is 0 Å². The third kappa shape index (κ3) is 3.91. The van der Waals surface area contributed by atoms with Crippen LogP contribution in [0.4, 0.5) is 5.69 Å². The fraction of sp³-hybridized carbons (Fsp3) is 0.296. The fourth-order valence-corrected chi connectivity index (χ4v) is 6.50. The van der Waals surface area contributed by atoms with Gasteiger partial charge in [0, 0.05) is 5.92 Å². The lowest BCUT2D eigenvalue weighted by Crippen LogP contribution is -2.49. The van der Waals surface area contributed by atoms with Gasteiger partial charge in [-0.3, -0.25) is 4.31 Å². The molecular formula is C27H28N2O2S. The van der Waals surface area contributed by atoms with Crippen LogP contribution >= 0.6 is 0 Å². The summed E-state index contributed by atoms with van der Waals surface area (Å²) in [4.78, 5) is 0.279. The van der Waals surface area contributed by atoms with Gasteiger partial charge in [-0.2, -0.15) is 5.26 Å². The van der Waals surface area contributed by atoms with E-state index in [0.717, 1.165) is 29.5 Å². The number of benzene rings is 3. The lowest BCUT2D eigenvalue weighted by Gasteiger charge is -2.45. The van der Waals surface area contributed by atoms with Gasteiger partial charge in [-0.05, 0) is 42.7 Å². The van der Waals surface area contributed by atoms with Gasteiger partial charge in [-0.25, -0.2) is 8.42 Å². The molecule has 0 amide bonds. The summed E-state index contributed by atoms with van der Waals surface area (Å²) in [5.41, 5.74) is 3.40. The second kappa shape index (κ2) is 9.18. The number of nitriles is 1. The van der Waals surface area contributed by atoms with Crippen LogP contribution in [0.25, 0.3) is 0 Å². The molecule has 3 aromatic rings. The summed E-state index contributed by atoms with van der Waals surface area (Å²) in [6.07, 6.45) is 2.52. The smallest absolute Gasteiger partial charge is 0.262 e. The highest BCUT2D eigenvalue weighted by molar-refractivity contribution is 7.92.